The van der Waals surface area contributed by atoms with E-state index in [4.69, 9.17) is 0 Å². The summed E-state index contributed by atoms with van der Waals surface area (Å²) in [6.07, 6.45) is 8.36. The van der Waals surface area contributed by atoms with Gasteiger partial charge in [0.2, 0.25) is 0 Å². The maximum absolute atomic E-state index is 2.62. The molecular weight excluding hydrogens is 182 g/mol. The summed E-state index contributed by atoms with van der Waals surface area (Å²) in [4.78, 5) is 2.62. The fraction of sp³-hybridized carbons (Fsp3) is 1.00. The Labute approximate surface area is 96.2 Å². The Hall–Kier alpha value is -0.0400. The molecule has 1 aliphatic rings. The fourth-order valence-electron chi connectivity index (χ4n) is 2.68. The van der Waals surface area contributed by atoms with Crippen molar-refractivity contribution in [2.45, 2.75) is 77.8 Å². The lowest BCUT2D eigenvalue weighted by molar-refractivity contribution is 0.0644. The SMILES string of the molecule is CCC1CCC(N(C)C(C)(C)CC)CC1. The van der Waals surface area contributed by atoms with Crippen LogP contribution in [-0.2, 0) is 0 Å². The lowest BCUT2D eigenvalue weighted by Gasteiger charge is -2.43. The van der Waals surface area contributed by atoms with Gasteiger partial charge in [0.25, 0.3) is 0 Å². The Morgan fingerprint density at radius 2 is 1.60 bits per heavy atom. The molecule has 1 heteroatoms. The van der Waals surface area contributed by atoms with E-state index < -0.39 is 0 Å². The third-order valence-electron chi connectivity index (χ3n) is 4.76. The molecule has 1 fully saturated rings. The Balaban J connectivity index is 2.46. The van der Waals surface area contributed by atoms with E-state index in [1.807, 2.05) is 0 Å². The van der Waals surface area contributed by atoms with Crippen LogP contribution in [0.15, 0.2) is 0 Å². The Bertz CT molecular complexity index is 178. The maximum atomic E-state index is 2.62. The van der Waals surface area contributed by atoms with E-state index in [0.717, 1.165) is 12.0 Å². The van der Waals surface area contributed by atoms with Crippen molar-refractivity contribution in [1.82, 2.24) is 4.90 Å². The van der Waals surface area contributed by atoms with Gasteiger partial charge in [-0.25, -0.2) is 0 Å². The zero-order valence-corrected chi connectivity index (χ0v) is 11.3. The van der Waals surface area contributed by atoms with E-state index in [2.05, 4.69) is 39.6 Å². The molecule has 1 aliphatic carbocycles. The van der Waals surface area contributed by atoms with Gasteiger partial charge in [0.05, 0.1) is 0 Å². The average molecular weight is 211 g/mol. The molecule has 15 heavy (non-hydrogen) atoms. The average Bonchev–Trinajstić information content (AvgIpc) is 2.28. The number of hydrogen-bond donors (Lipinski definition) is 0. The number of hydrogen-bond acceptors (Lipinski definition) is 1. The molecular formula is C14H29N. The molecule has 0 amide bonds. The van der Waals surface area contributed by atoms with Crippen LogP contribution in [0.3, 0.4) is 0 Å². The molecule has 1 rings (SSSR count). The quantitative estimate of drug-likeness (QED) is 0.677. The number of rotatable bonds is 4. The van der Waals surface area contributed by atoms with Gasteiger partial charge >= 0.3 is 0 Å². The van der Waals surface area contributed by atoms with Gasteiger partial charge in [-0.05, 0) is 58.9 Å². The molecule has 1 nitrogen and oxygen atoms in total. The fourth-order valence-corrected chi connectivity index (χ4v) is 2.68. The van der Waals surface area contributed by atoms with Gasteiger partial charge in [-0.2, -0.15) is 0 Å². The molecule has 0 aromatic heterocycles. The predicted molar refractivity (Wildman–Crippen MR) is 68.2 cm³/mol. The first-order chi connectivity index (χ1) is 7.01. The second kappa shape index (κ2) is 5.34. The van der Waals surface area contributed by atoms with Crippen LogP contribution in [-0.4, -0.2) is 23.5 Å². The third-order valence-corrected chi connectivity index (χ3v) is 4.76. The summed E-state index contributed by atoms with van der Waals surface area (Å²) in [5.74, 6) is 1.01. The summed E-state index contributed by atoms with van der Waals surface area (Å²) in [5.41, 5.74) is 0.379. The predicted octanol–water partition coefficient (Wildman–Crippen LogP) is 4.08. The van der Waals surface area contributed by atoms with E-state index in [9.17, 15) is 0 Å². The van der Waals surface area contributed by atoms with E-state index >= 15 is 0 Å². The van der Waals surface area contributed by atoms with Crippen molar-refractivity contribution < 1.29 is 0 Å². The minimum Gasteiger partial charge on any atom is -0.298 e. The van der Waals surface area contributed by atoms with Crippen LogP contribution in [0.1, 0.15) is 66.2 Å². The second-order valence-electron chi connectivity index (χ2n) is 5.86. The zero-order chi connectivity index (χ0) is 11.5. The zero-order valence-electron chi connectivity index (χ0n) is 11.3. The van der Waals surface area contributed by atoms with Gasteiger partial charge in [0.1, 0.15) is 0 Å². The van der Waals surface area contributed by atoms with Crippen LogP contribution in [0.5, 0.6) is 0 Å². The highest BCUT2D eigenvalue weighted by molar-refractivity contribution is 4.86. The van der Waals surface area contributed by atoms with Gasteiger partial charge in [0.15, 0.2) is 0 Å². The summed E-state index contributed by atoms with van der Waals surface area (Å²) in [6, 6.07) is 0.836. The first-order valence-electron chi connectivity index (χ1n) is 6.74. The van der Waals surface area contributed by atoms with E-state index in [-0.39, 0.29) is 0 Å². The van der Waals surface area contributed by atoms with Crippen molar-refractivity contribution >= 4 is 0 Å². The van der Waals surface area contributed by atoms with Crippen LogP contribution >= 0.6 is 0 Å². The highest BCUT2D eigenvalue weighted by Gasteiger charge is 2.30. The van der Waals surface area contributed by atoms with Gasteiger partial charge in [-0.3, -0.25) is 4.90 Å². The summed E-state index contributed by atoms with van der Waals surface area (Å²) < 4.78 is 0. The second-order valence-corrected chi connectivity index (χ2v) is 5.86. The van der Waals surface area contributed by atoms with E-state index in [1.165, 1.54) is 38.5 Å². The van der Waals surface area contributed by atoms with Gasteiger partial charge < -0.3 is 0 Å². The van der Waals surface area contributed by atoms with Crippen molar-refractivity contribution in [1.29, 1.82) is 0 Å². The van der Waals surface area contributed by atoms with E-state index in [0.29, 0.717) is 5.54 Å². The minimum absolute atomic E-state index is 0.379. The molecule has 0 N–H and O–H groups in total. The van der Waals surface area contributed by atoms with Crippen molar-refractivity contribution in [2.24, 2.45) is 5.92 Å². The van der Waals surface area contributed by atoms with Gasteiger partial charge in [-0.15, -0.1) is 0 Å². The van der Waals surface area contributed by atoms with Crippen LogP contribution in [0.4, 0.5) is 0 Å². The Morgan fingerprint density at radius 3 is 2.00 bits per heavy atom. The molecule has 0 spiro atoms. The third kappa shape index (κ3) is 3.21. The number of nitrogens with zero attached hydrogens (tertiary/aromatic N) is 1. The molecule has 0 bridgehead atoms. The van der Waals surface area contributed by atoms with E-state index in [1.54, 1.807) is 0 Å². The highest BCUT2D eigenvalue weighted by atomic mass is 15.2. The first-order valence-corrected chi connectivity index (χ1v) is 6.74. The van der Waals surface area contributed by atoms with Crippen molar-refractivity contribution in [2.75, 3.05) is 7.05 Å². The smallest absolute Gasteiger partial charge is 0.0150 e. The molecule has 0 aromatic carbocycles. The van der Waals surface area contributed by atoms with Crippen LogP contribution in [0, 0.1) is 5.92 Å². The summed E-state index contributed by atoms with van der Waals surface area (Å²) >= 11 is 0. The Morgan fingerprint density at radius 1 is 1.07 bits per heavy atom. The van der Waals surface area contributed by atoms with Crippen LogP contribution in [0.2, 0.25) is 0 Å². The topological polar surface area (TPSA) is 3.24 Å². The lowest BCUT2D eigenvalue weighted by atomic mass is 9.82. The minimum atomic E-state index is 0.379. The molecule has 0 atom stereocenters. The molecule has 0 saturated heterocycles. The molecule has 0 radical (unpaired) electrons. The standard InChI is InChI=1S/C14H29N/c1-6-12-8-10-13(11-9-12)15(5)14(3,4)7-2/h12-13H,6-11H2,1-5H3. The van der Waals surface area contributed by atoms with Crippen LogP contribution in [0.25, 0.3) is 0 Å². The Kier molecular flexibility index (Phi) is 4.64. The molecule has 1 saturated carbocycles. The maximum Gasteiger partial charge on any atom is 0.0150 e. The van der Waals surface area contributed by atoms with Crippen molar-refractivity contribution in [3.63, 3.8) is 0 Å². The first kappa shape index (κ1) is 13.0. The molecule has 0 unspecified atom stereocenters. The summed E-state index contributed by atoms with van der Waals surface area (Å²) in [5, 5.41) is 0. The van der Waals surface area contributed by atoms with Crippen molar-refractivity contribution in [3.05, 3.63) is 0 Å². The monoisotopic (exact) mass is 211 g/mol. The van der Waals surface area contributed by atoms with Crippen molar-refractivity contribution in [3.8, 4) is 0 Å². The molecule has 0 heterocycles. The highest BCUT2D eigenvalue weighted by Crippen LogP contribution is 2.32. The molecule has 0 aromatic rings. The lowest BCUT2D eigenvalue weighted by Crippen LogP contribution is -2.48. The summed E-state index contributed by atoms with van der Waals surface area (Å²) in [7, 11) is 2.32. The molecule has 90 valence electrons. The summed E-state index contributed by atoms with van der Waals surface area (Å²) in [6.45, 7) is 9.39. The van der Waals surface area contributed by atoms with Gasteiger partial charge in [0, 0.05) is 11.6 Å². The largest absolute Gasteiger partial charge is 0.298 e. The molecule has 0 aliphatic heterocycles. The van der Waals surface area contributed by atoms with Crippen LogP contribution < -0.4 is 0 Å². The normalized spacial score (nSPS) is 28.4. The van der Waals surface area contributed by atoms with Gasteiger partial charge in [-0.1, -0.05) is 20.3 Å².